The highest BCUT2D eigenvalue weighted by atomic mass is 35.5. The summed E-state index contributed by atoms with van der Waals surface area (Å²) in [4.78, 5) is 16.3. The molecule has 0 unspecified atom stereocenters. The molecule has 0 aliphatic heterocycles. The zero-order valence-electron chi connectivity index (χ0n) is 11.2. The Morgan fingerprint density at radius 1 is 1.40 bits per heavy atom. The Hall–Kier alpha value is -2.08. The quantitative estimate of drug-likeness (QED) is 0.885. The van der Waals surface area contributed by atoms with Crippen molar-refractivity contribution < 1.29 is 9.32 Å². The minimum Gasteiger partial charge on any atom is -0.370 e. The van der Waals surface area contributed by atoms with Crippen LogP contribution in [-0.4, -0.2) is 22.6 Å². The van der Waals surface area contributed by atoms with Crippen molar-refractivity contribution in [1.29, 1.82) is 0 Å². The maximum absolute atomic E-state index is 12.1. The smallest absolute Gasteiger partial charge is 0.258 e. The van der Waals surface area contributed by atoms with E-state index in [4.69, 9.17) is 16.1 Å². The molecule has 7 heteroatoms. The first kappa shape index (κ1) is 14.3. The van der Waals surface area contributed by atoms with E-state index in [1.165, 1.54) is 6.20 Å². The van der Waals surface area contributed by atoms with Crippen LogP contribution >= 0.6 is 11.6 Å². The number of hydrogen-bond donors (Lipinski definition) is 2. The number of hydrogen-bond acceptors (Lipinski definition) is 5. The van der Waals surface area contributed by atoms with E-state index in [9.17, 15) is 4.79 Å². The van der Waals surface area contributed by atoms with Gasteiger partial charge in [0, 0.05) is 18.8 Å². The van der Waals surface area contributed by atoms with Crippen molar-refractivity contribution in [3.8, 4) is 0 Å². The highest BCUT2D eigenvalue weighted by Crippen LogP contribution is 2.19. The van der Waals surface area contributed by atoms with E-state index >= 15 is 0 Å². The molecule has 0 aromatic carbocycles. The van der Waals surface area contributed by atoms with Crippen molar-refractivity contribution in [3.05, 3.63) is 34.7 Å². The average Bonchev–Trinajstić information content (AvgIpc) is 2.83. The second kappa shape index (κ2) is 6.38. The maximum atomic E-state index is 12.1. The minimum atomic E-state index is -0.356. The Balaban J connectivity index is 2.15. The zero-order valence-corrected chi connectivity index (χ0v) is 12.0. The normalized spacial score (nSPS) is 10.3. The maximum Gasteiger partial charge on any atom is 0.258 e. The van der Waals surface area contributed by atoms with E-state index in [1.54, 1.807) is 19.1 Å². The van der Waals surface area contributed by atoms with E-state index in [2.05, 4.69) is 20.8 Å². The molecule has 20 heavy (non-hydrogen) atoms. The summed E-state index contributed by atoms with van der Waals surface area (Å²) in [6.07, 6.45) is 2.41. The monoisotopic (exact) mass is 294 g/mol. The van der Waals surface area contributed by atoms with E-state index in [1.807, 2.05) is 6.92 Å². The van der Waals surface area contributed by atoms with Crippen molar-refractivity contribution in [2.75, 3.05) is 17.2 Å². The second-order valence-electron chi connectivity index (χ2n) is 4.25. The van der Waals surface area contributed by atoms with Gasteiger partial charge in [-0.15, -0.1) is 0 Å². The second-order valence-corrected chi connectivity index (χ2v) is 4.66. The Morgan fingerprint density at radius 2 is 2.20 bits per heavy atom. The molecule has 0 saturated heterocycles. The summed E-state index contributed by atoms with van der Waals surface area (Å²) in [7, 11) is 0. The number of pyridine rings is 1. The van der Waals surface area contributed by atoms with Crippen LogP contribution in [-0.2, 0) is 0 Å². The molecule has 0 saturated carbocycles. The number of rotatable bonds is 5. The molecule has 0 aliphatic rings. The standard InChI is InChI=1S/C13H15ClN4O2/c1-3-4-15-11-6-9(10(14)7-16-11)13(19)17-12-5-8(2)20-18-12/h5-7H,3-4H2,1-2H3,(H,15,16)(H,17,18,19). The van der Waals surface area contributed by atoms with Gasteiger partial charge < -0.3 is 15.2 Å². The number of halogens is 1. The third-order valence-corrected chi connectivity index (χ3v) is 2.83. The first-order valence-corrected chi connectivity index (χ1v) is 6.62. The third kappa shape index (κ3) is 3.48. The summed E-state index contributed by atoms with van der Waals surface area (Å²) < 4.78 is 4.89. The van der Waals surface area contributed by atoms with Gasteiger partial charge in [-0.3, -0.25) is 4.79 Å². The molecule has 0 atom stereocenters. The van der Waals surface area contributed by atoms with Crippen LogP contribution in [0.4, 0.5) is 11.6 Å². The molecule has 2 aromatic rings. The predicted molar refractivity (Wildman–Crippen MR) is 77.2 cm³/mol. The first-order valence-electron chi connectivity index (χ1n) is 6.24. The van der Waals surface area contributed by atoms with Crippen molar-refractivity contribution in [2.45, 2.75) is 20.3 Å². The van der Waals surface area contributed by atoms with E-state index in [0.717, 1.165) is 13.0 Å². The van der Waals surface area contributed by atoms with Crippen LogP contribution in [0.2, 0.25) is 5.02 Å². The van der Waals surface area contributed by atoms with E-state index < -0.39 is 0 Å². The number of aryl methyl sites for hydroxylation is 1. The number of nitrogens with one attached hydrogen (secondary N) is 2. The SMILES string of the molecule is CCCNc1cc(C(=O)Nc2cc(C)on2)c(Cl)cn1. The summed E-state index contributed by atoms with van der Waals surface area (Å²) in [6.45, 7) is 4.57. The van der Waals surface area contributed by atoms with Crippen LogP contribution in [0.1, 0.15) is 29.5 Å². The first-order chi connectivity index (χ1) is 9.60. The van der Waals surface area contributed by atoms with Crippen molar-refractivity contribution in [2.24, 2.45) is 0 Å². The highest BCUT2D eigenvalue weighted by molar-refractivity contribution is 6.34. The summed E-state index contributed by atoms with van der Waals surface area (Å²) in [6, 6.07) is 3.24. The molecule has 0 radical (unpaired) electrons. The van der Waals surface area contributed by atoms with Gasteiger partial charge in [-0.25, -0.2) is 4.98 Å². The summed E-state index contributed by atoms with van der Waals surface area (Å²) in [5.74, 6) is 1.22. The zero-order chi connectivity index (χ0) is 14.5. The van der Waals surface area contributed by atoms with Crippen LogP contribution in [0.25, 0.3) is 0 Å². The number of anilines is 2. The van der Waals surface area contributed by atoms with Gasteiger partial charge in [-0.2, -0.15) is 0 Å². The van der Waals surface area contributed by atoms with E-state index in [0.29, 0.717) is 23.0 Å². The summed E-state index contributed by atoms with van der Waals surface area (Å²) >= 11 is 6.00. The Labute approximate surface area is 121 Å². The lowest BCUT2D eigenvalue weighted by molar-refractivity contribution is 0.102. The van der Waals surface area contributed by atoms with Crippen LogP contribution in [0.15, 0.2) is 22.9 Å². The minimum absolute atomic E-state index is 0.282. The fourth-order valence-corrected chi connectivity index (χ4v) is 1.76. The average molecular weight is 295 g/mol. The van der Waals surface area contributed by atoms with Gasteiger partial charge in [0.2, 0.25) is 0 Å². The lowest BCUT2D eigenvalue weighted by atomic mass is 10.2. The fraction of sp³-hybridized carbons (Fsp3) is 0.308. The largest absolute Gasteiger partial charge is 0.370 e. The number of aromatic nitrogens is 2. The van der Waals surface area contributed by atoms with E-state index in [-0.39, 0.29) is 10.9 Å². The van der Waals surface area contributed by atoms with Gasteiger partial charge >= 0.3 is 0 Å². The number of carbonyl (C=O) groups is 1. The molecule has 1 amide bonds. The molecule has 2 N–H and O–H groups in total. The Kier molecular flexibility index (Phi) is 4.57. The number of amides is 1. The van der Waals surface area contributed by atoms with Gasteiger partial charge in [-0.05, 0) is 19.4 Å². The molecule has 0 aliphatic carbocycles. The predicted octanol–water partition coefficient (Wildman–Crippen LogP) is 3.11. The number of nitrogens with zero attached hydrogens (tertiary/aromatic N) is 2. The van der Waals surface area contributed by atoms with Crippen LogP contribution in [0.5, 0.6) is 0 Å². The molecule has 6 nitrogen and oxygen atoms in total. The van der Waals surface area contributed by atoms with Crippen molar-refractivity contribution in [3.63, 3.8) is 0 Å². The molecular formula is C13H15ClN4O2. The molecular weight excluding hydrogens is 280 g/mol. The highest BCUT2D eigenvalue weighted by Gasteiger charge is 2.14. The summed E-state index contributed by atoms with van der Waals surface area (Å²) in [5, 5.41) is 9.70. The van der Waals surface area contributed by atoms with Gasteiger partial charge in [0.1, 0.15) is 11.6 Å². The van der Waals surface area contributed by atoms with Crippen LogP contribution < -0.4 is 10.6 Å². The van der Waals surface area contributed by atoms with Crippen LogP contribution in [0.3, 0.4) is 0 Å². The third-order valence-electron chi connectivity index (χ3n) is 2.53. The molecule has 2 heterocycles. The van der Waals surface area contributed by atoms with Gasteiger partial charge in [-0.1, -0.05) is 23.7 Å². The number of carbonyl (C=O) groups excluding carboxylic acids is 1. The molecule has 0 fully saturated rings. The van der Waals surface area contributed by atoms with Gasteiger partial charge in [0.25, 0.3) is 5.91 Å². The van der Waals surface area contributed by atoms with Crippen molar-refractivity contribution >= 4 is 29.1 Å². The molecule has 0 spiro atoms. The topological polar surface area (TPSA) is 80.0 Å². The summed E-state index contributed by atoms with van der Waals surface area (Å²) in [5.41, 5.74) is 0.334. The fourth-order valence-electron chi connectivity index (χ4n) is 1.57. The molecule has 106 valence electrons. The van der Waals surface area contributed by atoms with Gasteiger partial charge in [0.05, 0.1) is 10.6 Å². The lowest BCUT2D eigenvalue weighted by Gasteiger charge is -2.07. The van der Waals surface area contributed by atoms with Gasteiger partial charge in [0.15, 0.2) is 5.82 Å². The van der Waals surface area contributed by atoms with Crippen LogP contribution in [0, 0.1) is 6.92 Å². The Morgan fingerprint density at radius 3 is 2.85 bits per heavy atom. The van der Waals surface area contributed by atoms with Crippen molar-refractivity contribution in [1.82, 2.24) is 10.1 Å². The lowest BCUT2D eigenvalue weighted by Crippen LogP contribution is -2.14. The molecule has 0 bridgehead atoms. The molecule has 2 aromatic heterocycles. The molecule has 2 rings (SSSR count). The Bertz CT molecular complexity index is 612.